The summed E-state index contributed by atoms with van der Waals surface area (Å²) in [5.41, 5.74) is 1.18. The largest absolute Gasteiger partial charge is 0.481 e. The van der Waals surface area contributed by atoms with Gasteiger partial charge in [0.25, 0.3) is 0 Å². The molecule has 2 atom stereocenters. The van der Waals surface area contributed by atoms with Crippen LogP contribution in [0.5, 0.6) is 0 Å². The van der Waals surface area contributed by atoms with E-state index in [1.165, 1.54) is 0 Å². The van der Waals surface area contributed by atoms with E-state index < -0.39 is 17.5 Å². The number of rotatable bonds is 4. The molecule has 1 fully saturated rings. The fourth-order valence-corrected chi connectivity index (χ4v) is 3.79. The van der Waals surface area contributed by atoms with Crippen LogP contribution in [0.15, 0.2) is 60.8 Å². The van der Waals surface area contributed by atoms with Gasteiger partial charge in [0.15, 0.2) is 0 Å². The lowest BCUT2D eigenvalue weighted by atomic mass is 9.73. The molecular formula is C21H21N3O3. The van der Waals surface area contributed by atoms with Crippen molar-refractivity contribution in [1.82, 2.24) is 9.97 Å². The number of piperidine rings is 1. The fourth-order valence-electron chi connectivity index (χ4n) is 3.79. The van der Waals surface area contributed by atoms with Crippen LogP contribution < -0.4 is 4.90 Å². The molecular weight excluding hydrogens is 342 g/mol. The van der Waals surface area contributed by atoms with E-state index in [0.29, 0.717) is 18.8 Å². The van der Waals surface area contributed by atoms with Gasteiger partial charge < -0.3 is 15.1 Å². The summed E-state index contributed by atoms with van der Waals surface area (Å²) in [4.78, 5) is 23.3. The van der Waals surface area contributed by atoms with E-state index in [2.05, 4.69) is 9.97 Å². The molecule has 1 aromatic heterocycles. The number of carboxylic acid groups (broad SMARTS) is 1. The zero-order valence-electron chi connectivity index (χ0n) is 14.8. The zero-order valence-corrected chi connectivity index (χ0v) is 14.8. The molecule has 6 nitrogen and oxygen atoms in total. The Bertz CT molecular complexity index is 963. The Morgan fingerprint density at radius 1 is 1.11 bits per heavy atom. The van der Waals surface area contributed by atoms with E-state index in [-0.39, 0.29) is 13.0 Å². The second-order valence-corrected chi connectivity index (χ2v) is 7.07. The van der Waals surface area contributed by atoms with Gasteiger partial charge in [0, 0.05) is 13.1 Å². The predicted octanol–water partition coefficient (Wildman–Crippen LogP) is 2.51. The predicted molar refractivity (Wildman–Crippen MR) is 103 cm³/mol. The molecule has 1 aliphatic rings. The van der Waals surface area contributed by atoms with Crippen molar-refractivity contribution in [3.05, 3.63) is 66.4 Å². The van der Waals surface area contributed by atoms with Crippen molar-refractivity contribution >= 4 is 22.8 Å². The molecule has 0 spiro atoms. The molecule has 6 heteroatoms. The molecule has 4 rings (SSSR count). The van der Waals surface area contributed by atoms with E-state index in [1.807, 2.05) is 59.5 Å². The number of nitrogens with zero attached hydrogens (tertiary/aromatic N) is 3. The first kappa shape index (κ1) is 17.4. The maximum Gasteiger partial charge on any atom is 0.314 e. The average molecular weight is 363 g/mol. The van der Waals surface area contributed by atoms with Crippen LogP contribution in [0.4, 0.5) is 5.82 Å². The molecule has 138 valence electrons. The molecule has 0 radical (unpaired) electrons. The van der Waals surface area contributed by atoms with Crippen molar-refractivity contribution in [2.45, 2.75) is 18.9 Å². The van der Waals surface area contributed by atoms with Crippen molar-refractivity contribution in [1.29, 1.82) is 0 Å². The lowest BCUT2D eigenvalue weighted by Crippen LogP contribution is -2.57. The number of fused-ring (bicyclic) bond motifs is 1. The minimum absolute atomic E-state index is 0.186. The molecule has 0 saturated carbocycles. The van der Waals surface area contributed by atoms with Crippen LogP contribution in [0.2, 0.25) is 0 Å². The molecule has 0 aliphatic carbocycles. The Labute approximate surface area is 157 Å². The number of hydrogen-bond donors (Lipinski definition) is 2. The van der Waals surface area contributed by atoms with Gasteiger partial charge in [0.05, 0.1) is 23.3 Å². The van der Waals surface area contributed by atoms with Crippen molar-refractivity contribution in [3.63, 3.8) is 0 Å². The van der Waals surface area contributed by atoms with Crippen LogP contribution in [0.1, 0.15) is 12.0 Å². The quantitative estimate of drug-likeness (QED) is 0.741. The minimum Gasteiger partial charge on any atom is -0.481 e. The Balaban J connectivity index is 1.68. The molecule has 2 N–H and O–H groups in total. The second-order valence-electron chi connectivity index (χ2n) is 7.07. The SMILES string of the molecule is O=C(O)[C@]1(Cc2ccccc2)CN(c2cnc3ccccc3n2)CC[C@@H]1O. The number of aromatic nitrogens is 2. The Morgan fingerprint density at radius 3 is 2.56 bits per heavy atom. The molecule has 0 unspecified atom stereocenters. The minimum atomic E-state index is -1.28. The molecule has 1 saturated heterocycles. The number of benzene rings is 2. The summed E-state index contributed by atoms with van der Waals surface area (Å²) in [6, 6.07) is 17.0. The summed E-state index contributed by atoms with van der Waals surface area (Å²) in [6.45, 7) is 0.726. The van der Waals surface area contributed by atoms with Gasteiger partial charge in [-0.2, -0.15) is 0 Å². The Morgan fingerprint density at radius 2 is 1.81 bits per heavy atom. The number of aliphatic hydroxyl groups is 1. The van der Waals surface area contributed by atoms with Crippen molar-refractivity contribution < 1.29 is 15.0 Å². The van der Waals surface area contributed by atoms with Crippen LogP contribution in [0, 0.1) is 5.41 Å². The van der Waals surface area contributed by atoms with Gasteiger partial charge in [-0.15, -0.1) is 0 Å². The van der Waals surface area contributed by atoms with E-state index in [0.717, 1.165) is 16.6 Å². The number of carbonyl (C=O) groups is 1. The second kappa shape index (κ2) is 6.96. The molecule has 2 heterocycles. The van der Waals surface area contributed by atoms with Gasteiger partial charge in [0.1, 0.15) is 11.2 Å². The zero-order chi connectivity index (χ0) is 18.9. The van der Waals surface area contributed by atoms with Crippen molar-refractivity contribution in [2.24, 2.45) is 5.41 Å². The van der Waals surface area contributed by atoms with Crippen LogP contribution in [0.25, 0.3) is 11.0 Å². The summed E-state index contributed by atoms with van der Waals surface area (Å²) in [6.07, 6.45) is 1.39. The maximum absolute atomic E-state index is 12.3. The van der Waals surface area contributed by atoms with Crippen molar-refractivity contribution in [3.8, 4) is 0 Å². The van der Waals surface area contributed by atoms with Gasteiger partial charge in [-0.1, -0.05) is 42.5 Å². The van der Waals surface area contributed by atoms with Gasteiger partial charge in [0.2, 0.25) is 0 Å². The van der Waals surface area contributed by atoms with Crippen LogP contribution in [-0.2, 0) is 11.2 Å². The molecule has 0 amide bonds. The Kier molecular flexibility index (Phi) is 4.49. The molecule has 27 heavy (non-hydrogen) atoms. The van der Waals surface area contributed by atoms with Gasteiger partial charge >= 0.3 is 5.97 Å². The monoisotopic (exact) mass is 363 g/mol. The fraction of sp³-hybridized carbons (Fsp3) is 0.286. The normalized spacial score (nSPS) is 22.7. The van der Waals surface area contributed by atoms with Gasteiger partial charge in [-0.05, 0) is 30.5 Å². The third kappa shape index (κ3) is 3.24. The van der Waals surface area contributed by atoms with Gasteiger partial charge in [-0.3, -0.25) is 9.78 Å². The first-order valence-electron chi connectivity index (χ1n) is 9.01. The van der Waals surface area contributed by atoms with E-state index in [9.17, 15) is 15.0 Å². The number of carboxylic acids is 1. The Hall–Kier alpha value is -2.99. The lowest BCUT2D eigenvalue weighted by molar-refractivity contribution is -0.157. The highest BCUT2D eigenvalue weighted by molar-refractivity contribution is 5.78. The number of hydrogen-bond acceptors (Lipinski definition) is 5. The van der Waals surface area contributed by atoms with Crippen LogP contribution >= 0.6 is 0 Å². The summed E-state index contributed by atoms with van der Waals surface area (Å²) in [5.74, 6) is -0.350. The highest BCUT2D eigenvalue weighted by Crippen LogP contribution is 2.36. The van der Waals surface area contributed by atoms with Crippen LogP contribution in [-0.4, -0.2) is 45.3 Å². The third-order valence-electron chi connectivity index (χ3n) is 5.33. The van der Waals surface area contributed by atoms with E-state index >= 15 is 0 Å². The summed E-state index contributed by atoms with van der Waals surface area (Å²) < 4.78 is 0. The molecule has 2 aromatic carbocycles. The van der Waals surface area contributed by atoms with Crippen LogP contribution in [0.3, 0.4) is 0 Å². The maximum atomic E-state index is 12.3. The number of aliphatic hydroxyl groups excluding tert-OH is 1. The molecule has 0 bridgehead atoms. The lowest BCUT2D eigenvalue weighted by Gasteiger charge is -2.43. The standard InChI is InChI=1S/C21H21N3O3/c25-18-10-11-24(19-13-22-16-8-4-5-9-17(16)23-19)14-21(18,20(26)27)12-15-6-2-1-3-7-15/h1-9,13,18,25H,10-12,14H2,(H,26,27)/t18-,21+/m0/s1. The highest BCUT2D eigenvalue weighted by Gasteiger charge is 2.49. The summed E-state index contributed by atoms with van der Waals surface area (Å²) in [7, 11) is 0. The molecule has 1 aliphatic heterocycles. The first-order valence-corrected chi connectivity index (χ1v) is 9.01. The topological polar surface area (TPSA) is 86.5 Å². The summed E-state index contributed by atoms with van der Waals surface area (Å²) in [5, 5.41) is 20.7. The average Bonchev–Trinajstić information content (AvgIpc) is 2.70. The molecule has 3 aromatic rings. The van der Waals surface area contributed by atoms with E-state index in [1.54, 1.807) is 6.20 Å². The summed E-state index contributed by atoms with van der Waals surface area (Å²) >= 11 is 0. The number of anilines is 1. The number of aliphatic carboxylic acids is 1. The highest BCUT2D eigenvalue weighted by atomic mass is 16.4. The van der Waals surface area contributed by atoms with Crippen molar-refractivity contribution in [2.75, 3.05) is 18.0 Å². The third-order valence-corrected chi connectivity index (χ3v) is 5.33. The smallest absolute Gasteiger partial charge is 0.314 e. The number of para-hydroxylation sites is 2. The van der Waals surface area contributed by atoms with Gasteiger partial charge in [-0.25, -0.2) is 4.98 Å². The van der Waals surface area contributed by atoms with E-state index in [4.69, 9.17) is 0 Å². The first-order chi connectivity index (χ1) is 13.1.